The third-order valence-electron chi connectivity index (χ3n) is 7.69. The molecule has 8 nitrogen and oxygen atoms in total. The van der Waals surface area contributed by atoms with Crippen LogP contribution in [-0.2, 0) is 19.1 Å². The van der Waals surface area contributed by atoms with Gasteiger partial charge in [-0.3, -0.25) is 9.59 Å². The fourth-order valence-electron chi connectivity index (χ4n) is 4.94. The van der Waals surface area contributed by atoms with E-state index in [-0.39, 0.29) is 18.8 Å². The minimum Gasteiger partial charge on any atom is -0.481 e. The molecule has 0 heterocycles. The van der Waals surface area contributed by atoms with E-state index < -0.39 is 30.6 Å². The largest absolute Gasteiger partial charge is 0.481 e. The van der Waals surface area contributed by atoms with Gasteiger partial charge in [-0.2, -0.15) is 0 Å². The van der Waals surface area contributed by atoms with Crippen molar-refractivity contribution in [2.75, 3.05) is 13.2 Å². The van der Waals surface area contributed by atoms with Gasteiger partial charge < -0.3 is 25.8 Å². The molecule has 2 unspecified atom stereocenters. The second kappa shape index (κ2) is 29.7. The molecular formula is C35H60ClNO7. The van der Waals surface area contributed by atoms with Gasteiger partial charge in [-0.25, -0.2) is 4.79 Å². The molecule has 1 rings (SSSR count). The molecule has 2 atom stereocenters. The summed E-state index contributed by atoms with van der Waals surface area (Å²) in [5.74, 6) is -2.67. The van der Waals surface area contributed by atoms with Crippen LogP contribution in [0.25, 0.3) is 0 Å². The summed E-state index contributed by atoms with van der Waals surface area (Å²) in [5.41, 5.74) is 6.41. The number of benzene rings is 1. The number of carbonyl (C=O) groups is 3. The lowest BCUT2D eigenvalue weighted by molar-refractivity contribution is -0.167. The molecule has 0 fully saturated rings. The molecule has 0 aliphatic heterocycles. The first-order valence-electron chi connectivity index (χ1n) is 17.0. The summed E-state index contributed by atoms with van der Waals surface area (Å²) in [6.07, 6.45) is 23.2. The van der Waals surface area contributed by atoms with E-state index in [1.54, 1.807) is 12.1 Å². The second-order valence-corrected chi connectivity index (χ2v) is 12.1. The lowest BCUT2D eigenvalue weighted by Crippen LogP contribution is -2.28. The minimum absolute atomic E-state index is 0.0537. The molecule has 0 aliphatic carbocycles. The van der Waals surface area contributed by atoms with E-state index in [1.807, 2.05) is 12.1 Å². The van der Waals surface area contributed by atoms with E-state index in [1.165, 1.54) is 103 Å². The van der Waals surface area contributed by atoms with Crippen LogP contribution in [0.1, 0.15) is 153 Å². The summed E-state index contributed by atoms with van der Waals surface area (Å²) in [4.78, 5) is 33.1. The van der Waals surface area contributed by atoms with Crippen LogP contribution in [0.3, 0.4) is 0 Å². The van der Waals surface area contributed by atoms with Crippen molar-refractivity contribution in [2.24, 2.45) is 5.73 Å². The molecule has 0 spiro atoms. The first-order valence-corrected chi connectivity index (χ1v) is 17.3. The first-order chi connectivity index (χ1) is 21.2. The van der Waals surface area contributed by atoms with Crippen LogP contribution in [0.4, 0.5) is 0 Å². The maximum Gasteiger partial charge on any atom is 0.345 e. The number of aliphatic carboxylic acids is 1. The van der Waals surface area contributed by atoms with Gasteiger partial charge in [0, 0.05) is 17.4 Å². The van der Waals surface area contributed by atoms with Gasteiger partial charge in [0.1, 0.15) is 0 Å². The number of rotatable bonds is 26. The van der Waals surface area contributed by atoms with Gasteiger partial charge in [-0.15, -0.1) is 0 Å². The maximum absolute atomic E-state index is 11.4. The lowest BCUT2D eigenvalue weighted by Gasteiger charge is -2.12. The SMILES string of the molecule is CCCCCCCCCCCCCCCCCCCCCC(=O)OC(=O)C(O)CO.NCC(CC(=O)O)c1ccc(Cl)cc1. The molecule has 0 bridgehead atoms. The van der Waals surface area contributed by atoms with Crippen LogP contribution in [-0.4, -0.2) is 52.5 Å². The highest BCUT2D eigenvalue weighted by molar-refractivity contribution is 6.30. The number of halogens is 1. The molecule has 0 aliphatic rings. The topological polar surface area (TPSA) is 147 Å². The Morgan fingerprint density at radius 2 is 1.16 bits per heavy atom. The summed E-state index contributed by atoms with van der Waals surface area (Å²) in [6.45, 7) is 1.87. The highest BCUT2D eigenvalue weighted by atomic mass is 35.5. The zero-order valence-electron chi connectivity index (χ0n) is 27.2. The summed E-state index contributed by atoms with van der Waals surface area (Å²) in [7, 11) is 0. The van der Waals surface area contributed by atoms with Crippen molar-refractivity contribution in [1.29, 1.82) is 0 Å². The normalized spacial score (nSPS) is 12.2. The van der Waals surface area contributed by atoms with Gasteiger partial charge >= 0.3 is 17.9 Å². The predicted octanol–water partition coefficient (Wildman–Crippen LogP) is 8.09. The van der Waals surface area contributed by atoms with Crippen molar-refractivity contribution in [2.45, 2.75) is 154 Å². The highest BCUT2D eigenvalue weighted by Crippen LogP contribution is 2.20. The Kier molecular flexibility index (Phi) is 28.3. The highest BCUT2D eigenvalue weighted by Gasteiger charge is 2.18. The first kappa shape index (κ1) is 42.0. The Labute approximate surface area is 271 Å². The average Bonchev–Trinajstić information content (AvgIpc) is 3.01. The van der Waals surface area contributed by atoms with E-state index in [4.69, 9.17) is 32.7 Å². The van der Waals surface area contributed by atoms with E-state index >= 15 is 0 Å². The number of carboxylic acids is 1. The summed E-state index contributed by atoms with van der Waals surface area (Å²) in [6, 6.07) is 7.09. The van der Waals surface area contributed by atoms with Crippen LogP contribution in [0.15, 0.2) is 24.3 Å². The third-order valence-corrected chi connectivity index (χ3v) is 7.94. The molecule has 0 radical (unpaired) electrons. The zero-order chi connectivity index (χ0) is 32.8. The van der Waals surface area contributed by atoms with E-state index in [0.717, 1.165) is 18.4 Å². The molecule has 44 heavy (non-hydrogen) atoms. The predicted molar refractivity (Wildman–Crippen MR) is 178 cm³/mol. The summed E-state index contributed by atoms with van der Waals surface area (Å²) < 4.78 is 4.45. The van der Waals surface area contributed by atoms with Crippen molar-refractivity contribution < 1.29 is 34.4 Å². The van der Waals surface area contributed by atoms with Crippen molar-refractivity contribution >= 4 is 29.5 Å². The number of nitrogens with two attached hydrogens (primary N) is 1. The molecular weight excluding hydrogens is 582 g/mol. The van der Waals surface area contributed by atoms with Crippen molar-refractivity contribution in [3.63, 3.8) is 0 Å². The minimum atomic E-state index is -1.63. The van der Waals surface area contributed by atoms with Gasteiger partial charge in [0.25, 0.3) is 0 Å². The van der Waals surface area contributed by atoms with Gasteiger partial charge in [0.2, 0.25) is 0 Å². The molecule has 1 aromatic rings. The van der Waals surface area contributed by atoms with Crippen LogP contribution >= 0.6 is 11.6 Å². The van der Waals surface area contributed by atoms with Crippen LogP contribution < -0.4 is 5.73 Å². The monoisotopic (exact) mass is 641 g/mol. The van der Waals surface area contributed by atoms with Gasteiger partial charge in [0.15, 0.2) is 6.10 Å². The number of unbranched alkanes of at least 4 members (excludes halogenated alkanes) is 18. The third kappa shape index (κ3) is 25.3. The van der Waals surface area contributed by atoms with Crippen LogP contribution in [0.5, 0.6) is 0 Å². The smallest absolute Gasteiger partial charge is 0.345 e. The Morgan fingerprint density at radius 1 is 0.750 bits per heavy atom. The average molecular weight is 642 g/mol. The standard InChI is InChI=1S/C25H48O5.C10H12ClNO2/c1-2-3-4-5-6-7-8-9-10-11-12-13-14-15-16-17-18-19-20-21-24(28)30-25(29)23(27)22-26;11-9-3-1-7(2-4-9)8(6-12)5-10(13)14/h23,26-27H,2-22H2,1H3;1-4,8H,5-6,12H2,(H,13,14). The van der Waals surface area contributed by atoms with Crippen molar-refractivity contribution in [3.8, 4) is 0 Å². The second-order valence-electron chi connectivity index (χ2n) is 11.7. The number of esters is 2. The fourth-order valence-corrected chi connectivity index (χ4v) is 5.06. The van der Waals surface area contributed by atoms with Gasteiger partial charge in [-0.05, 0) is 30.7 Å². The molecule has 5 N–H and O–H groups in total. The molecule has 254 valence electrons. The van der Waals surface area contributed by atoms with Gasteiger partial charge in [-0.1, -0.05) is 146 Å². The molecule has 0 aromatic heterocycles. The van der Waals surface area contributed by atoms with Crippen LogP contribution in [0, 0.1) is 0 Å². The molecule has 0 amide bonds. The van der Waals surface area contributed by atoms with E-state index in [0.29, 0.717) is 18.0 Å². The van der Waals surface area contributed by atoms with E-state index in [9.17, 15) is 14.4 Å². The Hall–Kier alpha value is -2.00. The fraction of sp³-hybridized carbons (Fsp3) is 0.743. The lowest BCUT2D eigenvalue weighted by atomic mass is 9.96. The summed E-state index contributed by atoms with van der Waals surface area (Å²) in [5, 5.41) is 26.9. The number of hydrogen-bond acceptors (Lipinski definition) is 7. The van der Waals surface area contributed by atoms with Crippen molar-refractivity contribution in [1.82, 2.24) is 0 Å². The molecule has 0 saturated heterocycles. The number of aliphatic hydroxyl groups excluding tert-OH is 2. The van der Waals surface area contributed by atoms with Crippen LogP contribution in [0.2, 0.25) is 5.02 Å². The zero-order valence-corrected chi connectivity index (χ0v) is 27.9. The number of hydrogen-bond donors (Lipinski definition) is 4. The number of aliphatic hydroxyl groups is 2. The number of carboxylic acid groups (broad SMARTS) is 1. The van der Waals surface area contributed by atoms with Gasteiger partial charge in [0.05, 0.1) is 13.0 Å². The number of carbonyl (C=O) groups excluding carboxylic acids is 2. The number of ether oxygens (including phenoxy) is 1. The maximum atomic E-state index is 11.4. The quantitative estimate of drug-likeness (QED) is 0.0451. The Morgan fingerprint density at radius 3 is 1.52 bits per heavy atom. The molecule has 9 heteroatoms. The molecule has 0 saturated carbocycles. The Bertz CT molecular complexity index is 850. The van der Waals surface area contributed by atoms with Crippen molar-refractivity contribution in [3.05, 3.63) is 34.9 Å². The van der Waals surface area contributed by atoms with E-state index in [2.05, 4.69) is 11.7 Å². The summed E-state index contributed by atoms with van der Waals surface area (Å²) >= 11 is 5.72. The Balaban J connectivity index is 0.00000109. The molecule has 1 aromatic carbocycles.